The van der Waals surface area contributed by atoms with E-state index in [1.807, 2.05) is 0 Å². The van der Waals surface area contributed by atoms with Crippen molar-refractivity contribution >= 4 is 38.2 Å². The molecule has 1 unspecified atom stereocenters. The molecule has 0 aromatic heterocycles. The van der Waals surface area contributed by atoms with Gasteiger partial charge >= 0.3 is 0 Å². The largest absolute Gasteiger partial charge is 0.293 e. The molecule has 0 saturated carbocycles. The zero-order valence-electron chi connectivity index (χ0n) is 10.7. The summed E-state index contributed by atoms with van der Waals surface area (Å²) in [5.41, 5.74) is 0.406. The van der Waals surface area contributed by atoms with Gasteiger partial charge in [-0.05, 0) is 24.3 Å². The molecule has 0 saturated heterocycles. The minimum absolute atomic E-state index is 0.0741. The van der Waals surface area contributed by atoms with Gasteiger partial charge in [0, 0.05) is 27.1 Å². The van der Waals surface area contributed by atoms with Crippen molar-refractivity contribution in [2.45, 2.75) is 4.90 Å². The van der Waals surface area contributed by atoms with E-state index in [0.29, 0.717) is 10.5 Å². The Labute approximate surface area is 131 Å². The van der Waals surface area contributed by atoms with Gasteiger partial charge < -0.3 is 0 Å². The van der Waals surface area contributed by atoms with Gasteiger partial charge in [-0.25, -0.2) is 0 Å². The standard InChI is InChI=1S/C14H10BrNO4S/c15-11-3-1-10(2-4-11)14(17)9-21(20)13-7-5-12(6-8-13)16(18)19/h1-8H,9H2. The lowest BCUT2D eigenvalue weighted by atomic mass is 10.2. The molecular weight excluding hydrogens is 358 g/mol. The van der Waals surface area contributed by atoms with Crippen LogP contribution in [0.3, 0.4) is 0 Å². The van der Waals surface area contributed by atoms with Crippen molar-refractivity contribution in [1.82, 2.24) is 0 Å². The Bertz CT molecular complexity index is 698. The van der Waals surface area contributed by atoms with Crippen molar-refractivity contribution in [2.75, 3.05) is 5.75 Å². The molecule has 0 aliphatic rings. The molecule has 2 aromatic rings. The van der Waals surface area contributed by atoms with Gasteiger partial charge in [0.1, 0.15) is 0 Å². The highest BCUT2D eigenvalue weighted by Crippen LogP contribution is 2.16. The molecule has 21 heavy (non-hydrogen) atoms. The summed E-state index contributed by atoms with van der Waals surface area (Å²) in [4.78, 5) is 22.4. The Morgan fingerprint density at radius 3 is 2.19 bits per heavy atom. The fourth-order valence-corrected chi connectivity index (χ4v) is 2.92. The number of nitro groups is 1. The molecule has 0 radical (unpaired) electrons. The molecule has 2 rings (SSSR count). The average Bonchev–Trinajstić information content (AvgIpc) is 2.47. The Balaban J connectivity index is 2.08. The number of hydrogen-bond acceptors (Lipinski definition) is 4. The van der Waals surface area contributed by atoms with Gasteiger partial charge in [0.2, 0.25) is 0 Å². The molecule has 0 fully saturated rings. The predicted molar refractivity (Wildman–Crippen MR) is 82.8 cm³/mol. The van der Waals surface area contributed by atoms with Crippen LogP contribution < -0.4 is 0 Å². The van der Waals surface area contributed by atoms with Crippen LogP contribution in [0.15, 0.2) is 57.9 Å². The topological polar surface area (TPSA) is 77.3 Å². The van der Waals surface area contributed by atoms with E-state index < -0.39 is 15.7 Å². The maximum absolute atomic E-state index is 12.1. The quantitative estimate of drug-likeness (QED) is 0.461. The molecular formula is C14H10BrNO4S. The number of hydrogen-bond donors (Lipinski definition) is 0. The van der Waals surface area contributed by atoms with Crippen LogP contribution in [-0.4, -0.2) is 20.7 Å². The third-order valence-electron chi connectivity index (χ3n) is 2.74. The number of carbonyl (C=O) groups is 1. The molecule has 1 atom stereocenters. The highest BCUT2D eigenvalue weighted by atomic mass is 79.9. The van der Waals surface area contributed by atoms with Gasteiger partial charge in [-0.1, -0.05) is 28.1 Å². The first-order valence-electron chi connectivity index (χ1n) is 5.89. The molecule has 108 valence electrons. The van der Waals surface area contributed by atoms with Crippen LogP contribution in [0, 0.1) is 10.1 Å². The molecule has 7 heteroatoms. The Morgan fingerprint density at radius 2 is 1.67 bits per heavy atom. The van der Waals surface area contributed by atoms with Crippen LogP contribution >= 0.6 is 15.9 Å². The van der Waals surface area contributed by atoms with Crippen molar-refractivity contribution in [3.8, 4) is 0 Å². The van der Waals surface area contributed by atoms with E-state index in [1.165, 1.54) is 24.3 Å². The van der Waals surface area contributed by atoms with E-state index >= 15 is 0 Å². The minimum atomic E-state index is -1.52. The molecule has 0 heterocycles. The maximum Gasteiger partial charge on any atom is 0.269 e. The van der Waals surface area contributed by atoms with E-state index in [4.69, 9.17) is 0 Å². The third kappa shape index (κ3) is 4.05. The molecule has 0 aliphatic heterocycles. The van der Waals surface area contributed by atoms with Crippen LogP contribution in [0.2, 0.25) is 0 Å². The van der Waals surface area contributed by atoms with Crippen molar-refractivity contribution in [3.63, 3.8) is 0 Å². The summed E-state index contributed by atoms with van der Waals surface area (Å²) in [5.74, 6) is -0.390. The number of non-ortho nitro benzene ring substituents is 1. The highest BCUT2D eigenvalue weighted by molar-refractivity contribution is 9.10. The summed E-state index contributed by atoms with van der Waals surface area (Å²) in [5, 5.41) is 10.5. The van der Waals surface area contributed by atoms with Crippen molar-refractivity contribution in [3.05, 3.63) is 68.7 Å². The van der Waals surface area contributed by atoms with Crippen LogP contribution in [-0.2, 0) is 10.8 Å². The maximum atomic E-state index is 12.1. The Morgan fingerprint density at radius 1 is 1.10 bits per heavy atom. The first-order valence-corrected chi connectivity index (χ1v) is 8.00. The fourth-order valence-electron chi connectivity index (χ4n) is 1.64. The number of carbonyl (C=O) groups excluding carboxylic acids is 1. The average molecular weight is 368 g/mol. The fraction of sp³-hybridized carbons (Fsp3) is 0.0714. The van der Waals surface area contributed by atoms with Gasteiger partial charge in [0.15, 0.2) is 5.78 Å². The van der Waals surface area contributed by atoms with Crippen LogP contribution in [0.4, 0.5) is 5.69 Å². The molecule has 0 amide bonds. The number of rotatable bonds is 5. The lowest BCUT2D eigenvalue weighted by molar-refractivity contribution is -0.384. The number of nitro benzene ring substituents is 1. The lowest BCUT2D eigenvalue weighted by Crippen LogP contribution is -2.11. The number of nitrogens with zero attached hydrogens (tertiary/aromatic N) is 1. The number of ketones is 1. The summed E-state index contributed by atoms with van der Waals surface area (Å²) in [6, 6.07) is 12.1. The monoisotopic (exact) mass is 367 g/mol. The van der Waals surface area contributed by atoms with Gasteiger partial charge in [0.25, 0.3) is 5.69 Å². The second-order valence-corrected chi connectivity index (χ2v) is 6.54. The van der Waals surface area contributed by atoms with Crippen LogP contribution in [0.1, 0.15) is 10.4 Å². The molecule has 0 spiro atoms. The third-order valence-corrected chi connectivity index (χ3v) is 4.59. The summed E-state index contributed by atoms with van der Waals surface area (Å²) < 4.78 is 12.9. The summed E-state index contributed by atoms with van der Waals surface area (Å²) >= 11 is 3.27. The predicted octanol–water partition coefficient (Wildman–Crippen LogP) is 3.35. The van der Waals surface area contributed by atoms with Crippen molar-refractivity contribution < 1.29 is 13.9 Å². The number of benzene rings is 2. The SMILES string of the molecule is O=C(CS(=O)c1ccc([N+](=O)[O-])cc1)c1ccc(Br)cc1. The van der Waals surface area contributed by atoms with E-state index in [9.17, 15) is 19.1 Å². The smallest absolute Gasteiger partial charge is 0.269 e. The number of Topliss-reactive ketones (excluding diaryl/α,β-unsaturated/α-hetero) is 1. The highest BCUT2D eigenvalue weighted by Gasteiger charge is 2.13. The summed E-state index contributed by atoms with van der Waals surface area (Å²) in [7, 11) is -1.52. The zero-order valence-corrected chi connectivity index (χ0v) is 13.1. The van der Waals surface area contributed by atoms with E-state index in [0.717, 1.165) is 4.47 Å². The van der Waals surface area contributed by atoms with E-state index in [1.54, 1.807) is 24.3 Å². The molecule has 0 bridgehead atoms. The first kappa shape index (κ1) is 15.5. The normalized spacial score (nSPS) is 11.9. The van der Waals surface area contributed by atoms with E-state index in [-0.39, 0.29) is 17.2 Å². The Kier molecular flexibility index (Phi) is 4.98. The summed E-state index contributed by atoms with van der Waals surface area (Å²) in [6.07, 6.45) is 0. The van der Waals surface area contributed by atoms with E-state index in [2.05, 4.69) is 15.9 Å². The minimum Gasteiger partial charge on any atom is -0.293 e. The lowest BCUT2D eigenvalue weighted by Gasteiger charge is -2.02. The van der Waals surface area contributed by atoms with Gasteiger partial charge in [-0.15, -0.1) is 0 Å². The molecule has 5 nitrogen and oxygen atoms in total. The Hall–Kier alpha value is -1.86. The van der Waals surface area contributed by atoms with Crippen molar-refractivity contribution in [2.24, 2.45) is 0 Å². The number of halogens is 1. The molecule has 2 aromatic carbocycles. The van der Waals surface area contributed by atoms with Crippen LogP contribution in [0.25, 0.3) is 0 Å². The van der Waals surface area contributed by atoms with Gasteiger partial charge in [0.05, 0.1) is 21.5 Å². The van der Waals surface area contributed by atoms with Gasteiger partial charge in [-0.2, -0.15) is 0 Å². The van der Waals surface area contributed by atoms with Crippen LogP contribution in [0.5, 0.6) is 0 Å². The molecule has 0 aliphatic carbocycles. The first-order chi connectivity index (χ1) is 9.97. The summed E-state index contributed by atoms with van der Waals surface area (Å²) in [6.45, 7) is 0. The second-order valence-electron chi connectivity index (χ2n) is 4.17. The van der Waals surface area contributed by atoms with Crippen molar-refractivity contribution in [1.29, 1.82) is 0 Å². The zero-order chi connectivity index (χ0) is 15.4. The second kappa shape index (κ2) is 6.73. The van der Waals surface area contributed by atoms with Gasteiger partial charge in [-0.3, -0.25) is 19.1 Å². The molecule has 0 N–H and O–H groups in total.